The van der Waals surface area contributed by atoms with E-state index in [0.717, 1.165) is 19.3 Å². The Labute approximate surface area is 86.3 Å². The van der Waals surface area contributed by atoms with E-state index in [1.807, 2.05) is 0 Å². The molecule has 0 aromatic carbocycles. The molecule has 0 rings (SSSR count). The summed E-state index contributed by atoms with van der Waals surface area (Å²) in [6.07, 6.45) is 3.28. The van der Waals surface area contributed by atoms with Crippen LogP contribution < -0.4 is 0 Å². The van der Waals surface area contributed by atoms with Gasteiger partial charge >= 0.3 is 7.23 Å². The van der Waals surface area contributed by atoms with Crippen molar-refractivity contribution in [2.45, 2.75) is 26.2 Å². The first-order chi connectivity index (χ1) is 4.27. The van der Waals surface area contributed by atoms with Crippen LogP contribution >= 0.6 is 44.3 Å². The minimum atomic E-state index is -1.67. The normalized spacial score (nSPS) is 9.45. The first-order valence-electron chi connectivity index (χ1n) is 3.06. The molecular weight excluding hydrogens is 226 g/mol. The van der Waals surface area contributed by atoms with Gasteiger partial charge in [-0.3, -0.25) is 0 Å². The van der Waals surface area contributed by atoms with Gasteiger partial charge in [0.2, 0.25) is 0 Å². The van der Waals surface area contributed by atoms with Crippen LogP contribution in [0.1, 0.15) is 26.2 Å². The van der Waals surface area contributed by atoms with Crippen LogP contribution in [-0.4, -0.2) is 6.61 Å². The summed E-state index contributed by atoms with van der Waals surface area (Å²) < 4.78 is 14.9. The zero-order valence-electron chi connectivity index (χ0n) is 6.36. The summed E-state index contributed by atoms with van der Waals surface area (Å²) in [5.41, 5.74) is 0. The van der Waals surface area contributed by atoms with Gasteiger partial charge in [-0.05, 0) is 11.0 Å². The number of hydrogen-bond donors (Lipinski definition) is 1. The van der Waals surface area contributed by atoms with Crippen LogP contribution in [0.4, 0.5) is 0 Å². The molecule has 1 atom stereocenters. The Hall–Kier alpha value is 0.990. The first kappa shape index (κ1) is 17.9. The lowest BCUT2D eigenvalue weighted by Gasteiger charge is -1.88. The second-order valence-corrected chi connectivity index (χ2v) is 3.49. The van der Waals surface area contributed by atoms with Crippen molar-refractivity contribution in [3.63, 3.8) is 0 Å². The molecule has 0 radical (unpaired) electrons. The molecule has 0 aromatic heterocycles. The van der Waals surface area contributed by atoms with Crippen LogP contribution in [0.3, 0.4) is 0 Å². The fraction of sp³-hybridized carbons (Fsp3) is 1.00. The molecule has 0 bridgehead atoms. The monoisotopic (exact) mass is 239 g/mol. The summed E-state index contributed by atoms with van der Waals surface area (Å²) >= 11 is 3.59. The van der Waals surface area contributed by atoms with E-state index < -0.39 is 7.23 Å². The number of hydrogen-bond acceptors (Lipinski definition) is 2. The Balaban J connectivity index is -0.000000320. The Morgan fingerprint density at radius 3 is 2.27 bits per heavy atom. The van der Waals surface area contributed by atoms with E-state index in [2.05, 4.69) is 19.2 Å². The van der Waals surface area contributed by atoms with Crippen molar-refractivity contribution < 1.29 is 9.09 Å². The third-order valence-electron chi connectivity index (χ3n) is 0.950. The number of thiol groups is 1. The molecule has 0 spiro atoms. The Morgan fingerprint density at radius 2 is 1.91 bits per heavy atom. The topological polar surface area (TPSA) is 26.3 Å². The lowest BCUT2D eigenvalue weighted by Crippen LogP contribution is -1.83. The summed E-state index contributed by atoms with van der Waals surface area (Å²) in [6, 6.07) is 0. The van der Waals surface area contributed by atoms with Gasteiger partial charge in [0.15, 0.2) is 0 Å². The second-order valence-electron chi connectivity index (χ2n) is 1.78. The summed E-state index contributed by atoms with van der Waals surface area (Å²) in [5, 5.41) is 0. The smallest absolute Gasteiger partial charge is 0.147 e. The van der Waals surface area contributed by atoms with Crippen LogP contribution in [0.5, 0.6) is 0 Å². The molecule has 0 aliphatic carbocycles. The molecule has 0 fully saturated rings. The van der Waals surface area contributed by atoms with E-state index in [1.54, 1.807) is 0 Å². The maximum Gasteiger partial charge on any atom is 0.582 e. The van der Waals surface area contributed by atoms with Gasteiger partial charge in [-0.15, -0.1) is 29.3 Å². The van der Waals surface area contributed by atoms with Gasteiger partial charge in [0.25, 0.3) is 0 Å². The minimum Gasteiger partial charge on any atom is -0.147 e. The maximum absolute atomic E-state index is 10.2. The fourth-order valence-electron chi connectivity index (χ4n) is 0.495. The highest BCUT2D eigenvalue weighted by Gasteiger charge is 2.06. The molecule has 6 heteroatoms. The molecular formula is C5H14Cl2O2PS+. The van der Waals surface area contributed by atoms with Gasteiger partial charge in [0.05, 0.1) is 0 Å². The molecule has 0 heterocycles. The quantitative estimate of drug-likeness (QED) is 0.451. The minimum absolute atomic E-state index is 0. The van der Waals surface area contributed by atoms with E-state index in [0.29, 0.717) is 6.61 Å². The Bertz CT molecular complexity index is 94.6. The zero-order valence-corrected chi connectivity index (χ0v) is 9.78. The van der Waals surface area contributed by atoms with E-state index in [9.17, 15) is 4.57 Å². The van der Waals surface area contributed by atoms with E-state index in [1.165, 1.54) is 0 Å². The molecule has 1 unspecified atom stereocenters. The Kier molecular flexibility index (Phi) is 22.1. The van der Waals surface area contributed by atoms with Crippen molar-refractivity contribution in [3.05, 3.63) is 0 Å². The highest BCUT2D eigenvalue weighted by atomic mass is 35.5. The van der Waals surface area contributed by atoms with Gasteiger partial charge in [-0.25, -0.2) is 0 Å². The maximum atomic E-state index is 10.2. The SMILES string of the molecule is CCCCCO[P+](=O)S.Cl.Cl. The molecule has 0 saturated heterocycles. The summed E-state index contributed by atoms with van der Waals surface area (Å²) in [5.74, 6) is 0. The van der Waals surface area contributed by atoms with Crippen molar-refractivity contribution in [2.24, 2.45) is 0 Å². The largest absolute Gasteiger partial charge is 0.582 e. The molecule has 0 aliphatic rings. The van der Waals surface area contributed by atoms with Gasteiger partial charge in [-0.1, -0.05) is 19.8 Å². The van der Waals surface area contributed by atoms with Crippen LogP contribution in [0.25, 0.3) is 0 Å². The van der Waals surface area contributed by atoms with Crippen molar-refractivity contribution in [1.82, 2.24) is 0 Å². The molecule has 2 nitrogen and oxygen atoms in total. The zero-order chi connectivity index (χ0) is 7.11. The molecule has 0 N–H and O–H groups in total. The van der Waals surface area contributed by atoms with Crippen molar-refractivity contribution in [2.75, 3.05) is 6.61 Å². The van der Waals surface area contributed by atoms with Crippen LogP contribution in [0, 0.1) is 0 Å². The number of unbranched alkanes of at least 4 members (excludes halogenated alkanes) is 2. The molecule has 0 amide bonds. The highest BCUT2D eigenvalue weighted by molar-refractivity contribution is 8.39. The fourth-order valence-corrected chi connectivity index (χ4v) is 1.02. The van der Waals surface area contributed by atoms with Crippen molar-refractivity contribution >= 4 is 44.3 Å². The summed E-state index contributed by atoms with van der Waals surface area (Å²) in [6.45, 7) is 2.69. The third-order valence-corrected chi connectivity index (χ3v) is 1.70. The van der Waals surface area contributed by atoms with Gasteiger partial charge in [0, 0.05) is 0 Å². The van der Waals surface area contributed by atoms with Crippen molar-refractivity contribution in [3.8, 4) is 0 Å². The molecule has 0 aliphatic heterocycles. The summed E-state index contributed by atoms with van der Waals surface area (Å²) in [4.78, 5) is 0. The Morgan fingerprint density at radius 1 is 1.36 bits per heavy atom. The van der Waals surface area contributed by atoms with Gasteiger partial charge in [0.1, 0.15) is 18.9 Å². The van der Waals surface area contributed by atoms with E-state index in [-0.39, 0.29) is 24.8 Å². The van der Waals surface area contributed by atoms with Crippen LogP contribution in [-0.2, 0) is 9.09 Å². The third kappa shape index (κ3) is 18.2. The molecule has 70 valence electrons. The summed E-state index contributed by atoms with van der Waals surface area (Å²) in [7, 11) is -1.67. The predicted octanol–water partition coefficient (Wildman–Crippen LogP) is 3.62. The molecule has 0 aromatic rings. The van der Waals surface area contributed by atoms with Crippen molar-refractivity contribution in [1.29, 1.82) is 0 Å². The predicted molar refractivity (Wildman–Crippen MR) is 56.6 cm³/mol. The average Bonchev–Trinajstić information content (AvgIpc) is 1.80. The second kappa shape index (κ2) is 13.6. The molecule has 11 heavy (non-hydrogen) atoms. The standard InChI is InChI=1S/C5H11O2PS.2ClH/c1-2-3-4-5-7-8(6)9;;/h2-5H2,1H3;2*1H/p+1. The van der Waals surface area contributed by atoms with E-state index in [4.69, 9.17) is 4.52 Å². The average molecular weight is 240 g/mol. The first-order valence-corrected chi connectivity index (χ1v) is 5.39. The lowest BCUT2D eigenvalue weighted by molar-refractivity contribution is 0.327. The van der Waals surface area contributed by atoms with Gasteiger partial charge in [-0.2, -0.15) is 0 Å². The number of halogens is 2. The van der Waals surface area contributed by atoms with Crippen LogP contribution in [0.2, 0.25) is 0 Å². The van der Waals surface area contributed by atoms with Crippen LogP contribution in [0.15, 0.2) is 0 Å². The number of rotatable bonds is 5. The highest BCUT2D eigenvalue weighted by Crippen LogP contribution is 2.26. The van der Waals surface area contributed by atoms with E-state index >= 15 is 0 Å². The lowest BCUT2D eigenvalue weighted by atomic mass is 10.3. The van der Waals surface area contributed by atoms with Gasteiger partial charge < -0.3 is 0 Å². The molecule has 0 saturated carbocycles.